The summed E-state index contributed by atoms with van der Waals surface area (Å²) in [6.45, 7) is 0. The van der Waals surface area contributed by atoms with Crippen LogP contribution in [0.2, 0.25) is 0 Å². The molecule has 0 radical (unpaired) electrons. The first-order chi connectivity index (χ1) is 10.2. The number of hydrogen-bond acceptors (Lipinski definition) is 3. The topological polar surface area (TPSA) is 59.8 Å². The summed E-state index contributed by atoms with van der Waals surface area (Å²) in [5.74, 6) is -0.145. The third-order valence-electron chi connectivity index (χ3n) is 2.93. The van der Waals surface area contributed by atoms with Crippen molar-refractivity contribution in [2.75, 3.05) is 5.32 Å². The lowest BCUT2D eigenvalue weighted by atomic mass is 10.2. The van der Waals surface area contributed by atoms with E-state index < -0.39 is 0 Å². The number of anilines is 1. The first kappa shape index (κ1) is 13.5. The van der Waals surface area contributed by atoms with Crippen molar-refractivity contribution in [2.45, 2.75) is 0 Å². The Morgan fingerprint density at radius 2 is 1.76 bits per heavy atom. The molecule has 0 aliphatic heterocycles. The molecule has 0 saturated heterocycles. The molecular weight excluding hydrogens is 332 g/mol. The van der Waals surface area contributed by atoms with E-state index in [0.29, 0.717) is 5.56 Å². The Hall–Kier alpha value is -2.47. The van der Waals surface area contributed by atoms with E-state index in [2.05, 4.69) is 31.4 Å². The minimum absolute atomic E-state index is 0.145. The number of rotatable bonds is 3. The lowest BCUT2D eigenvalue weighted by molar-refractivity contribution is 0.102. The van der Waals surface area contributed by atoms with Crippen molar-refractivity contribution in [2.24, 2.45) is 0 Å². The van der Waals surface area contributed by atoms with Crippen molar-refractivity contribution in [3.63, 3.8) is 0 Å². The molecule has 104 valence electrons. The van der Waals surface area contributed by atoms with Gasteiger partial charge in [0.25, 0.3) is 5.91 Å². The second-order valence-corrected chi connectivity index (χ2v) is 5.30. The van der Waals surface area contributed by atoms with Crippen LogP contribution in [0.25, 0.3) is 5.69 Å². The van der Waals surface area contributed by atoms with Gasteiger partial charge in [0.15, 0.2) is 0 Å². The van der Waals surface area contributed by atoms with Crippen LogP contribution in [0.1, 0.15) is 10.4 Å². The first-order valence-corrected chi connectivity index (χ1v) is 7.04. The molecule has 1 N–H and O–H groups in total. The maximum atomic E-state index is 12.1. The summed E-state index contributed by atoms with van der Waals surface area (Å²) >= 11 is 3.35. The van der Waals surface area contributed by atoms with Crippen LogP contribution in [-0.4, -0.2) is 20.7 Å². The summed E-state index contributed by atoms with van der Waals surface area (Å²) in [5, 5.41) is 10.4. The average Bonchev–Trinajstić information content (AvgIpc) is 3.02. The van der Waals surface area contributed by atoms with Crippen LogP contribution in [0, 0.1) is 0 Å². The fourth-order valence-electron chi connectivity index (χ4n) is 1.88. The van der Waals surface area contributed by atoms with Gasteiger partial charge in [0.1, 0.15) is 12.7 Å². The molecule has 2 aromatic carbocycles. The highest BCUT2D eigenvalue weighted by atomic mass is 79.9. The fraction of sp³-hybridized carbons (Fsp3) is 0. The van der Waals surface area contributed by atoms with Crippen LogP contribution in [-0.2, 0) is 0 Å². The van der Waals surface area contributed by atoms with E-state index in [0.717, 1.165) is 15.8 Å². The minimum atomic E-state index is -0.145. The van der Waals surface area contributed by atoms with Crippen LogP contribution in [0.15, 0.2) is 65.7 Å². The molecular formula is C15H11BrN4O. The number of amides is 1. The van der Waals surface area contributed by atoms with Gasteiger partial charge in [-0.05, 0) is 42.5 Å². The summed E-state index contributed by atoms with van der Waals surface area (Å²) in [6.07, 6.45) is 3.24. The molecule has 0 unspecified atom stereocenters. The van der Waals surface area contributed by atoms with Crippen LogP contribution in [0.3, 0.4) is 0 Å². The molecule has 1 heterocycles. The molecule has 0 aliphatic carbocycles. The maximum absolute atomic E-state index is 12.1. The van der Waals surface area contributed by atoms with E-state index in [1.807, 2.05) is 36.4 Å². The maximum Gasteiger partial charge on any atom is 0.255 e. The van der Waals surface area contributed by atoms with Crippen molar-refractivity contribution in [3.8, 4) is 5.69 Å². The summed E-state index contributed by atoms with van der Waals surface area (Å²) in [6, 6.07) is 14.7. The number of benzene rings is 2. The number of hydrogen-bond donors (Lipinski definition) is 1. The molecule has 0 saturated carbocycles. The molecule has 5 nitrogen and oxygen atoms in total. The number of halogens is 1. The molecule has 0 fully saturated rings. The number of nitrogens with zero attached hydrogens (tertiary/aromatic N) is 3. The number of carbonyl (C=O) groups excluding carboxylic acids is 1. The van der Waals surface area contributed by atoms with Crippen LogP contribution in [0.4, 0.5) is 5.69 Å². The zero-order chi connectivity index (χ0) is 14.7. The molecule has 3 aromatic rings. The van der Waals surface area contributed by atoms with Gasteiger partial charge in [-0.2, -0.15) is 0 Å². The van der Waals surface area contributed by atoms with Crippen molar-refractivity contribution < 1.29 is 4.79 Å². The highest BCUT2D eigenvalue weighted by molar-refractivity contribution is 9.10. The Labute approximate surface area is 129 Å². The van der Waals surface area contributed by atoms with E-state index in [9.17, 15) is 4.79 Å². The lowest BCUT2D eigenvalue weighted by Crippen LogP contribution is -2.11. The van der Waals surface area contributed by atoms with Crippen LogP contribution in [0.5, 0.6) is 0 Å². The van der Waals surface area contributed by atoms with Gasteiger partial charge in [0.05, 0.1) is 0 Å². The van der Waals surface area contributed by atoms with E-state index >= 15 is 0 Å². The smallest absolute Gasteiger partial charge is 0.255 e. The quantitative estimate of drug-likeness (QED) is 0.794. The molecule has 0 spiro atoms. The van der Waals surface area contributed by atoms with Crippen molar-refractivity contribution in [1.29, 1.82) is 0 Å². The summed E-state index contributed by atoms with van der Waals surface area (Å²) in [4.78, 5) is 12.1. The van der Waals surface area contributed by atoms with Gasteiger partial charge in [-0.3, -0.25) is 9.36 Å². The molecule has 0 atom stereocenters. The molecule has 0 bridgehead atoms. The SMILES string of the molecule is O=C(Nc1ccc(-n2cnnc2)cc1)c1cccc(Br)c1. The van der Waals surface area contributed by atoms with Gasteiger partial charge >= 0.3 is 0 Å². The molecule has 0 aliphatic rings. The Morgan fingerprint density at radius 3 is 2.43 bits per heavy atom. The van der Waals surface area contributed by atoms with Crippen LogP contribution < -0.4 is 5.32 Å². The monoisotopic (exact) mass is 342 g/mol. The second kappa shape index (κ2) is 5.88. The fourth-order valence-corrected chi connectivity index (χ4v) is 2.28. The third-order valence-corrected chi connectivity index (χ3v) is 3.42. The minimum Gasteiger partial charge on any atom is -0.322 e. The van der Waals surface area contributed by atoms with Gasteiger partial charge in [0.2, 0.25) is 0 Å². The van der Waals surface area contributed by atoms with Gasteiger partial charge < -0.3 is 5.32 Å². The molecule has 1 aromatic heterocycles. The largest absolute Gasteiger partial charge is 0.322 e. The van der Waals surface area contributed by atoms with Gasteiger partial charge in [-0.25, -0.2) is 0 Å². The Bertz CT molecular complexity index is 754. The Balaban J connectivity index is 1.75. The summed E-state index contributed by atoms with van der Waals surface area (Å²) in [7, 11) is 0. The summed E-state index contributed by atoms with van der Waals surface area (Å²) in [5.41, 5.74) is 2.27. The van der Waals surface area contributed by atoms with Crippen LogP contribution >= 0.6 is 15.9 Å². The number of carbonyl (C=O) groups is 1. The molecule has 3 rings (SSSR count). The standard InChI is InChI=1S/C15H11BrN4O/c16-12-3-1-2-11(8-12)15(21)19-13-4-6-14(7-5-13)20-9-17-18-10-20/h1-10H,(H,19,21). The Kier molecular flexibility index (Phi) is 3.79. The first-order valence-electron chi connectivity index (χ1n) is 6.24. The second-order valence-electron chi connectivity index (χ2n) is 4.38. The summed E-state index contributed by atoms with van der Waals surface area (Å²) < 4.78 is 2.66. The molecule has 21 heavy (non-hydrogen) atoms. The van der Waals surface area contributed by atoms with E-state index in [1.54, 1.807) is 29.4 Å². The number of nitrogens with one attached hydrogen (secondary N) is 1. The van der Waals surface area contributed by atoms with Crippen molar-refractivity contribution in [3.05, 3.63) is 71.2 Å². The van der Waals surface area contributed by atoms with E-state index in [1.165, 1.54) is 0 Å². The van der Waals surface area contributed by atoms with E-state index in [-0.39, 0.29) is 5.91 Å². The highest BCUT2D eigenvalue weighted by Crippen LogP contribution is 2.16. The van der Waals surface area contributed by atoms with E-state index in [4.69, 9.17) is 0 Å². The highest BCUT2D eigenvalue weighted by Gasteiger charge is 2.06. The predicted molar refractivity (Wildman–Crippen MR) is 83.5 cm³/mol. The van der Waals surface area contributed by atoms with Gasteiger partial charge in [0, 0.05) is 21.4 Å². The molecule has 1 amide bonds. The van der Waals surface area contributed by atoms with Crippen molar-refractivity contribution >= 4 is 27.5 Å². The zero-order valence-corrected chi connectivity index (χ0v) is 12.5. The predicted octanol–water partition coefficient (Wildman–Crippen LogP) is 3.28. The normalized spacial score (nSPS) is 10.3. The zero-order valence-electron chi connectivity index (χ0n) is 10.9. The van der Waals surface area contributed by atoms with Gasteiger partial charge in [-0.15, -0.1) is 10.2 Å². The molecule has 6 heteroatoms. The number of aromatic nitrogens is 3. The van der Waals surface area contributed by atoms with Crippen molar-refractivity contribution in [1.82, 2.24) is 14.8 Å². The lowest BCUT2D eigenvalue weighted by Gasteiger charge is -2.07. The average molecular weight is 343 g/mol. The third kappa shape index (κ3) is 3.17. The Morgan fingerprint density at radius 1 is 1.05 bits per heavy atom. The van der Waals surface area contributed by atoms with Gasteiger partial charge in [-0.1, -0.05) is 22.0 Å².